The third kappa shape index (κ3) is 5.72. The molecule has 1 saturated heterocycles. The van der Waals surface area contributed by atoms with Gasteiger partial charge in [0, 0.05) is 30.6 Å². The number of alkyl halides is 6. The van der Waals surface area contributed by atoms with E-state index in [2.05, 4.69) is 5.32 Å². The van der Waals surface area contributed by atoms with Crippen LogP contribution in [0.5, 0.6) is 0 Å². The van der Waals surface area contributed by atoms with Gasteiger partial charge in [0.05, 0.1) is 16.1 Å². The summed E-state index contributed by atoms with van der Waals surface area (Å²) in [7, 11) is 0. The number of benzene rings is 2. The zero-order valence-electron chi connectivity index (χ0n) is 17.0. The third-order valence-electron chi connectivity index (χ3n) is 5.42. The number of rotatable bonds is 3. The monoisotopic (exact) mass is 512 g/mol. The molecular formula is C21H16ClF7N2O3. The first-order valence-electron chi connectivity index (χ1n) is 9.70. The smallest absolute Gasteiger partial charge is 0.416 e. The van der Waals surface area contributed by atoms with Crippen LogP contribution in [0, 0.1) is 5.82 Å². The summed E-state index contributed by atoms with van der Waals surface area (Å²) in [5.41, 5.74) is -3.92. The van der Waals surface area contributed by atoms with Gasteiger partial charge in [-0.2, -0.15) is 26.3 Å². The fourth-order valence-electron chi connectivity index (χ4n) is 3.72. The van der Waals surface area contributed by atoms with Crippen molar-refractivity contribution in [3.05, 3.63) is 69.5 Å². The number of hydrogen-bond acceptors (Lipinski definition) is 2. The lowest BCUT2D eigenvalue weighted by Crippen LogP contribution is -2.51. The van der Waals surface area contributed by atoms with Crippen molar-refractivity contribution >= 4 is 23.6 Å². The Hall–Kier alpha value is -3.02. The van der Waals surface area contributed by atoms with E-state index in [0.717, 1.165) is 11.0 Å². The number of carboxylic acid groups (broad SMARTS) is 1. The van der Waals surface area contributed by atoms with Gasteiger partial charge in [-0.1, -0.05) is 17.7 Å². The predicted molar refractivity (Wildman–Crippen MR) is 106 cm³/mol. The number of likely N-dealkylation sites (tertiary alicyclic amines) is 1. The Bertz CT molecular complexity index is 1070. The molecule has 2 amide bonds. The number of carbonyl (C=O) groups is 2. The number of nitrogens with one attached hydrogen (secondary N) is 1. The lowest BCUT2D eigenvalue weighted by Gasteiger charge is -2.38. The average molecular weight is 513 g/mol. The van der Waals surface area contributed by atoms with Crippen molar-refractivity contribution in [3.8, 4) is 0 Å². The first kappa shape index (κ1) is 25.6. The maximum atomic E-state index is 14.0. The molecule has 0 spiro atoms. The minimum Gasteiger partial charge on any atom is -0.465 e. The Kier molecular flexibility index (Phi) is 7.02. The van der Waals surface area contributed by atoms with E-state index in [1.54, 1.807) is 0 Å². The van der Waals surface area contributed by atoms with Crippen LogP contribution in [0.4, 0.5) is 35.5 Å². The van der Waals surface area contributed by atoms with Gasteiger partial charge in [0.25, 0.3) is 5.91 Å². The topological polar surface area (TPSA) is 69.6 Å². The molecule has 0 bridgehead atoms. The van der Waals surface area contributed by atoms with Gasteiger partial charge in [0.15, 0.2) is 0 Å². The second-order valence-electron chi connectivity index (χ2n) is 7.67. The van der Waals surface area contributed by atoms with Crippen molar-refractivity contribution in [2.75, 3.05) is 13.1 Å². The van der Waals surface area contributed by atoms with Gasteiger partial charge < -0.3 is 15.3 Å². The number of halogens is 8. The van der Waals surface area contributed by atoms with Crippen molar-refractivity contribution in [3.63, 3.8) is 0 Å². The number of hydrogen-bond donors (Lipinski definition) is 2. The molecule has 2 unspecified atom stereocenters. The molecule has 2 N–H and O–H groups in total. The van der Waals surface area contributed by atoms with Gasteiger partial charge in [-0.15, -0.1) is 0 Å². The van der Waals surface area contributed by atoms with Crippen LogP contribution in [0.25, 0.3) is 0 Å². The maximum absolute atomic E-state index is 14.0. The van der Waals surface area contributed by atoms with Crippen LogP contribution in [-0.2, 0) is 12.4 Å². The fraction of sp³-hybridized carbons (Fsp3) is 0.333. The van der Waals surface area contributed by atoms with E-state index in [1.165, 1.54) is 12.1 Å². The molecule has 3 rings (SSSR count). The molecule has 34 heavy (non-hydrogen) atoms. The molecular weight excluding hydrogens is 497 g/mol. The zero-order chi connectivity index (χ0) is 25.4. The molecule has 2 aromatic carbocycles. The Balaban J connectivity index is 1.95. The fourth-order valence-corrected chi connectivity index (χ4v) is 3.83. The van der Waals surface area contributed by atoms with Gasteiger partial charge in [0.2, 0.25) is 0 Å². The van der Waals surface area contributed by atoms with Crippen LogP contribution < -0.4 is 5.32 Å². The SMILES string of the molecule is O=C(NC1CCN(C(=O)O)CC1c1ccc(Cl)c(F)c1)c1cc(C(F)(F)F)cc(C(F)(F)F)c1. The normalized spacial score (nSPS) is 19.1. The summed E-state index contributed by atoms with van der Waals surface area (Å²) >= 11 is 5.67. The van der Waals surface area contributed by atoms with E-state index in [0.29, 0.717) is 12.1 Å². The highest BCUT2D eigenvalue weighted by atomic mass is 35.5. The number of nitrogens with zero attached hydrogens (tertiary/aromatic N) is 1. The van der Waals surface area contributed by atoms with E-state index in [1.807, 2.05) is 0 Å². The molecule has 13 heteroatoms. The molecule has 1 fully saturated rings. The van der Waals surface area contributed by atoms with Crippen LogP contribution >= 0.6 is 11.6 Å². The maximum Gasteiger partial charge on any atom is 0.416 e. The Labute approximate surface area is 193 Å². The number of piperidine rings is 1. The largest absolute Gasteiger partial charge is 0.465 e. The molecule has 5 nitrogen and oxygen atoms in total. The van der Waals surface area contributed by atoms with Gasteiger partial charge in [0.1, 0.15) is 5.82 Å². The van der Waals surface area contributed by atoms with E-state index >= 15 is 0 Å². The Morgan fingerprint density at radius 3 is 2.09 bits per heavy atom. The van der Waals surface area contributed by atoms with Crippen LogP contribution in [0.3, 0.4) is 0 Å². The molecule has 2 atom stereocenters. The van der Waals surface area contributed by atoms with E-state index in [4.69, 9.17) is 11.6 Å². The second kappa shape index (κ2) is 9.32. The van der Waals surface area contributed by atoms with Crippen molar-refractivity contribution in [1.82, 2.24) is 10.2 Å². The second-order valence-corrected chi connectivity index (χ2v) is 8.08. The van der Waals surface area contributed by atoms with Crippen molar-refractivity contribution in [1.29, 1.82) is 0 Å². The van der Waals surface area contributed by atoms with Gasteiger partial charge >= 0.3 is 18.4 Å². The molecule has 1 aliphatic heterocycles. The van der Waals surface area contributed by atoms with Crippen molar-refractivity contribution in [2.45, 2.75) is 30.7 Å². The van der Waals surface area contributed by atoms with Crippen LogP contribution in [0.1, 0.15) is 39.4 Å². The Morgan fingerprint density at radius 2 is 1.59 bits per heavy atom. The lowest BCUT2D eigenvalue weighted by molar-refractivity contribution is -0.143. The number of amides is 2. The molecule has 0 aromatic heterocycles. The highest BCUT2D eigenvalue weighted by Gasteiger charge is 2.38. The number of carbonyl (C=O) groups excluding carboxylic acids is 1. The summed E-state index contributed by atoms with van der Waals surface area (Å²) in [6.07, 6.45) is -11.6. The van der Waals surface area contributed by atoms with Gasteiger partial charge in [-0.05, 0) is 42.3 Å². The first-order valence-corrected chi connectivity index (χ1v) is 10.1. The molecule has 1 aliphatic rings. The predicted octanol–water partition coefficient (Wildman–Crippen LogP) is 5.78. The highest BCUT2D eigenvalue weighted by molar-refractivity contribution is 6.30. The summed E-state index contributed by atoms with van der Waals surface area (Å²) in [5.74, 6) is -2.87. The van der Waals surface area contributed by atoms with Crippen LogP contribution in [0.2, 0.25) is 5.02 Å². The van der Waals surface area contributed by atoms with E-state index in [-0.39, 0.29) is 36.2 Å². The average Bonchev–Trinajstić information content (AvgIpc) is 2.74. The van der Waals surface area contributed by atoms with Gasteiger partial charge in [-0.3, -0.25) is 4.79 Å². The summed E-state index contributed by atoms with van der Waals surface area (Å²) in [5, 5.41) is 11.5. The highest BCUT2D eigenvalue weighted by Crippen LogP contribution is 2.37. The minimum absolute atomic E-state index is 0.0158. The van der Waals surface area contributed by atoms with E-state index < -0.39 is 58.8 Å². The lowest BCUT2D eigenvalue weighted by atomic mass is 9.85. The van der Waals surface area contributed by atoms with Gasteiger partial charge in [-0.25, -0.2) is 9.18 Å². The molecule has 0 saturated carbocycles. The summed E-state index contributed by atoms with van der Waals surface area (Å²) in [6, 6.07) is 3.24. The minimum atomic E-state index is -5.13. The quantitative estimate of drug-likeness (QED) is 0.512. The molecule has 0 radical (unpaired) electrons. The standard InChI is InChI=1S/C21H16ClF7N2O3/c22-15-2-1-10(7-16(15)23)14-9-31(19(33)34)4-3-17(14)30-18(32)11-5-12(20(24,25)26)8-13(6-11)21(27,28)29/h1-2,5-8,14,17H,3-4,9H2,(H,30,32)(H,33,34). The molecule has 2 aromatic rings. The first-order chi connectivity index (χ1) is 15.7. The summed E-state index contributed by atoms with van der Waals surface area (Å²) < 4.78 is 92.7. The molecule has 1 heterocycles. The summed E-state index contributed by atoms with van der Waals surface area (Å²) in [6.45, 7) is -0.263. The third-order valence-corrected chi connectivity index (χ3v) is 5.73. The Morgan fingerprint density at radius 1 is 1.00 bits per heavy atom. The van der Waals surface area contributed by atoms with E-state index in [9.17, 15) is 45.4 Å². The molecule has 184 valence electrons. The van der Waals surface area contributed by atoms with Crippen LogP contribution in [0.15, 0.2) is 36.4 Å². The zero-order valence-corrected chi connectivity index (χ0v) is 17.7. The molecule has 0 aliphatic carbocycles. The van der Waals surface area contributed by atoms with Crippen molar-refractivity contribution < 1.29 is 45.4 Å². The summed E-state index contributed by atoms with van der Waals surface area (Å²) in [4.78, 5) is 25.1. The van der Waals surface area contributed by atoms with Crippen LogP contribution in [-0.4, -0.2) is 41.1 Å². The van der Waals surface area contributed by atoms with Crippen molar-refractivity contribution in [2.24, 2.45) is 0 Å².